The Kier molecular flexibility index (Phi) is 2.10. The summed E-state index contributed by atoms with van der Waals surface area (Å²) in [6, 6.07) is 2.37. The standard InChI is InChI=1S/C7H6ClNO3/c8-6-4(7(11)12)1-3(9)2-5(6)10/h1-2,10H,9H2,(H,11,12). The van der Waals surface area contributed by atoms with Gasteiger partial charge in [0.2, 0.25) is 0 Å². The van der Waals surface area contributed by atoms with Crippen LogP contribution < -0.4 is 5.73 Å². The molecule has 0 aliphatic heterocycles. The van der Waals surface area contributed by atoms with Crippen molar-refractivity contribution >= 4 is 23.3 Å². The highest BCUT2D eigenvalue weighted by atomic mass is 35.5. The number of phenols is 1. The summed E-state index contributed by atoms with van der Waals surface area (Å²) in [5.41, 5.74) is 5.25. The van der Waals surface area contributed by atoms with Gasteiger partial charge >= 0.3 is 5.97 Å². The minimum absolute atomic E-state index is 0.161. The van der Waals surface area contributed by atoms with Gasteiger partial charge in [0.1, 0.15) is 5.75 Å². The van der Waals surface area contributed by atoms with Crippen LogP contribution in [0.1, 0.15) is 10.4 Å². The van der Waals surface area contributed by atoms with E-state index in [2.05, 4.69) is 0 Å². The van der Waals surface area contributed by atoms with E-state index in [4.69, 9.17) is 27.5 Å². The van der Waals surface area contributed by atoms with Crippen LogP contribution in [0.5, 0.6) is 5.75 Å². The monoisotopic (exact) mass is 187 g/mol. The summed E-state index contributed by atoms with van der Waals surface area (Å²) < 4.78 is 0. The van der Waals surface area contributed by atoms with Gasteiger partial charge in [-0.25, -0.2) is 4.79 Å². The van der Waals surface area contributed by atoms with E-state index in [1.165, 1.54) is 12.1 Å². The third-order valence-electron chi connectivity index (χ3n) is 1.31. The first-order valence-corrected chi connectivity index (χ1v) is 3.41. The highest BCUT2D eigenvalue weighted by Crippen LogP contribution is 2.29. The number of aromatic hydroxyl groups is 1. The van der Waals surface area contributed by atoms with E-state index in [1.807, 2.05) is 0 Å². The fourth-order valence-corrected chi connectivity index (χ4v) is 0.976. The molecule has 64 valence electrons. The van der Waals surface area contributed by atoms with Crippen molar-refractivity contribution in [2.45, 2.75) is 0 Å². The van der Waals surface area contributed by atoms with E-state index < -0.39 is 5.97 Å². The van der Waals surface area contributed by atoms with Crippen LogP contribution in [0.2, 0.25) is 5.02 Å². The molecule has 0 saturated carbocycles. The maximum Gasteiger partial charge on any atom is 0.337 e. The normalized spacial score (nSPS) is 9.75. The summed E-state index contributed by atoms with van der Waals surface area (Å²) in [5.74, 6) is -1.54. The van der Waals surface area contributed by atoms with Gasteiger partial charge in [-0.3, -0.25) is 0 Å². The Hall–Kier alpha value is -1.42. The molecule has 4 N–H and O–H groups in total. The molecule has 0 amide bonds. The zero-order valence-electron chi connectivity index (χ0n) is 5.91. The second-order valence-corrected chi connectivity index (χ2v) is 2.58. The lowest BCUT2D eigenvalue weighted by atomic mass is 10.2. The van der Waals surface area contributed by atoms with Gasteiger partial charge in [-0.1, -0.05) is 11.6 Å². The number of halogens is 1. The number of carbonyl (C=O) groups is 1. The van der Waals surface area contributed by atoms with Crippen LogP contribution in [0, 0.1) is 0 Å². The Bertz CT molecular complexity index is 338. The second kappa shape index (κ2) is 2.91. The van der Waals surface area contributed by atoms with Crippen LogP contribution in [0.3, 0.4) is 0 Å². The number of nitrogens with two attached hydrogens (primary N) is 1. The molecule has 5 heteroatoms. The number of carboxylic acid groups (broad SMARTS) is 1. The number of carboxylic acids is 1. The third kappa shape index (κ3) is 1.43. The molecule has 1 rings (SSSR count). The van der Waals surface area contributed by atoms with E-state index in [0.717, 1.165) is 0 Å². The Morgan fingerprint density at radius 2 is 2.08 bits per heavy atom. The lowest BCUT2D eigenvalue weighted by Gasteiger charge is -2.02. The molecule has 0 unspecified atom stereocenters. The molecule has 12 heavy (non-hydrogen) atoms. The number of hydrogen-bond acceptors (Lipinski definition) is 3. The van der Waals surface area contributed by atoms with Crippen molar-refractivity contribution in [1.82, 2.24) is 0 Å². The van der Waals surface area contributed by atoms with Crippen molar-refractivity contribution in [3.05, 3.63) is 22.7 Å². The summed E-state index contributed by atoms with van der Waals surface area (Å²) in [6.07, 6.45) is 0. The minimum atomic E-state index is -1.22. The van der Waals surface area contributed by atoms with Crippen LogP contribution >= 0.6 is 11.6 Å². The number of hydrogen-bond donors (Lipinski definition) is 3. The first-order valence-electron chi connectivity index (χ1n) is 3.03. The van der Waals surface area contributed by atoms with E-state index in [0.29, 0.717) is 0 Å². The fourth-order valence-electron chi connectivity index (χ4n) is 0.787. The molecule has 0 aliphatic rings. The summed E-state index contributed by atoms with van der Waals surface area (Å²) in [4.78, 5) is 10.5. The molecule has 0 fully saturated rings. The first kappa shape index (κ1) is 8.67. The zero-order valence-corrected chi connectivity index (χ0v) is 6.67. The molecule has 0 radical (unpaired) electrons. The van der Waals surface area contributed by atoms with Crippen LogP contribution in [-0.4, -0.2) is 16.2 Å². The molecule has 0 spiro atoms. The van der Waals surface area contributed by atoms with Crippen molar-refractivity contribution in [3.63, 3.8) is 0 Å². The summed E-state index contributed by atoms with van der Waals surface area (Å²) >= 11 is 5.47. The Labute approximate surface area is 73.2 Å². The molecule has 0 bridgehead atoms. The third-order valence-corrected chi connectivity index (χ3v) is 1.70. The van der Waals surface area contributed by atoms with Gasteiger partial charge in [0.05, 0.1) is 10.6 Å². The molecule has 1 aromatic carbocycles. The van der Waals surface area contributed by atoms with E-state index >= 15 is 0 Å². The number of aromatic carboxylic acids is 1. The zero-order chi connectivity index (χ0) is 9.30. The SMILES string of the molecule is Nc1cc(O)c(Cl)c(C(=O)O)c1. The molecular formula is C7H6ClNO3. The molecule has 0 aromatic heterocycles. The maximum atomic E-state index is 10.5. The topological polar surface area (TPSA) is 83.5 Å². The number of anilines is 1. The fraction of sp³-hybridized carbons (Fsp3) is 0. The molecular weight excluding hydrogens is 182 g/mol. The maximum absolute atomic E-state index is 10.5. The summed E-state index contributed by atoms with van der Waals surface area (Å²) in [6.45, 7) is 0. The highest BCUT2D eigenvalue weighted by Gasteiger charge is 2.12. The highest BCUT2D eigenvalue weighted by molar-refractivity contribution is 6.35. The van der Waals surface area contributed by atoms with Crippen molar-refractivity contribution < 1.29 is 15.0 Å². The van der Waals surface area contributed by atoms with Crippen LogP contribution in [-0.2, 0) is 0 Å². The number of phenolic OH excluding ortho intramolecular Hbond substituents is 1. The lowest BCUT2D eigenvalue weighted by Crippen LogP contribution is -1.99. The Morgan fingerprint density at radius 1 is 1.50 bits per heavy atom. The van der Waals surface area contributed by atoms with Crippen molar-refractivity contribution in [1.29, 1.82) is 0 Å². The Morgan fingerprint density at radius 3 is 2.58 bits per heavy atom. The summed E-state index contributed by atoms with van der Waals surface area (Å²) in [5, 5.41) is 17.4. The van der Waals surface area contributed by atoms with Gasteiger partial charge in [0.15, 0.2) is 0 Å². The van der Waals surface area contributed by atoms with E-state index in [9.17, 15) is 4.79 Å². The predicted molar refractivity (Wildman–Crippen MR) is 44.5 cm³/mol. The van der Waals surface area contributed by atoms with Crippen LogP contribution in [0.25, 0.3) is 0 Å². The van der Waals surface area contributed by atoms with Gasteiger partial charge in [0.25, 0.3) is 0 Å². The van der Waals surface area contributed by atoms with E-state index in [1.54, 1.807) is 0 Å². The Balaban J connectivity index is 3.37. The van der Waals surface area contributed by atoms with Crippen molar-refractivity contribution in [2.24, 2.45) is 0 Å². The lowest BCUT2D eigenvalue weighted by molar-refractivity contribution is 0.0696. The van der Waals surface area contributed by atoms with Gasteiger partial charge in [0, 0.05) is 11.8 Å². The number of benzene rings is 1. The average molecular weight is 188 g/mol. The van der Waals surface area contributed by atoms with Crippen LogP contribution in [0.15, 0.2) is 12.1 Å². The molecule has 0 saturated heterocycles. The minimum Gasteiger partial charge on any atom is -0.506 e. The quantitative estimate of drug-likeness (QED) is 0.579. The second-order valence-electron chi connectivity index (χ2n) is 2.21. The largest absolute Gasteiger partial charge is 0.506 e. The summed E-state index contributed by atoms with van der Waals surface area (Å²) in [7, 11) is 0. The van der Waals surface area contributed by atoms with Crippen molar-refractivity contribution in [3.8, 4) is 5.75 Å². The average Bonchev–Trinajstić information content (AvgIpc) is 1.96. The first-order chi connectivity index (χ1) is 5.52. The van der Waals surface area contributed by atoms with Gasteiger partial charge in [-0.2, -0.15) is 0 Å². The molecule has 0 aliphatic carbocycles. The molecule has 0 heterocycles. The van der Waals surface area contributed by atoms with Gasteiger partial charge in [-0.05, 0) is 6.07 Å². The number of rotatable bonds is 1. The predicted octanol–water partition coefficient (Wildman–Crippen LogP) is 1.33. The molecule has 4 nitrogen and oxygen atoms in total. The van der Waals surface area contributed by atoms with Crippen LogP contribution in [0.4, 0.5) is 5.69 Å². The van der Waals surface area contributed by atoms with Crippen molar-refractivity contribution in [2.75, 3.05) is 5.73 Å². The van der Waals surface area contributed by atoms with Gasteiger partial charge < -0.3 is 15.9 Å². The molecule has 0 atom stereocenters. The van der Waals surface area contributed by atoms with E-state index in [-0.39, 0.29) is 22.0 Å². The molecule has 1 aromatic rings. The smallest absolute Gasteiger partial charge is 0.337 e. The number of nitrogen functional groups attached to an aromatic ring is 1. The van der Waals surface area contributed by atoms with Gasteiger partial charge in [-0.15, -0.1) is 0 Å².